The molecule has 1 saturated carbocycles. The third kappa shape index (κ3) is 2.49. The van der Waals surface area contributed by atoms with Crippen LogP contribution in [0.5, 0.6) is 0 Å². The van der Waals surface area contributed by atoms with E-state index in [0.717, 1.165) is 25.1 Å². The van der Waals surface area contributed by atoms with Crippen LogP contribution in [-0.2, 0) is 6.54 Å². The molecule has 3 N–H and O–H groups in total. The Morgan fingerprint density at radius 1 is 1.62 bits per heavy atom. The third-order valence-corrected chi connectivity index (χ3v) is 3.16. The second-order valence-electron chi connectivity index (χ2n) is 3.63. The van der Waals surface area contributed by atoms with E-state index in [9.17, 15) is 0 Å². The molecule has 1 aliphatic rings. The maximum Gasteiger partial charge on any atom is 0.0795 e. The van der Waals surface area contributed by atoms with Crippen molar-refractivity contribution in [1.29, 1.82) is 0 Å². The normalized spacial score (nSPS) is 28.1. The van der Waals surface area contributed by atoms with Crippen molar-refractivity contribution in [1.82, 2.24) is 10.3 Å². The van der Waals surface area contributed by atoms with Gasteiger partial charge in [-0.2, -0.15) is 0 Å². The number of nitrogens with zero attached hydrogens (tertiary/aromatic N) is 1. The van der Waals surface area contributed by atoms with Crippen LogP contribution in [0.4, 0.5) is 0 Å². The van der Waals surface area contributed by atoms with E-state index in [1.165, 1.54) is 6.42 Å². The summed E-state index contributed by atoms with van der Waals surface area (Å²) in [6.07, 6.45) is 3.49. The zero-order valence-corrected chi connectivity index (χ0v) is 8.39. The van der Waals surface area contributed by atoms with Crippen LogP contribution >= 0.6 is 11.3 Å². The molecule has 1 fully saturated rings. The van der Waals surface area contributed by atoms with Crippen LogP contribution in [0.3, 0.4) is 0 Å². The highest BCUT2D eigenvalue weighted by Crippen LogP contribution is 2.17. The van der Waals surface area contributed by atoms with Gasteiger partial charge >= 0.3 is 0 Å². The van der Waals surface area contributed by atoms with E-state index in [0.29, 0.717) is 12.1 Å². The fraction of sp³-hybridized carbons (Fsp3) is 0.667. The van der Waals surface area contributed by atoms with Crippen LogP contribution in [0.15, 0.2) is 10.9 Å². The lowest BCUT2D eigenvalue weighted by atomic mass is 10.2. The van der Waals surface area contributed by atoms with Crippen molar-refractivity contribution < 1.29 is 0 Å². The Morgan fingerprint density at radius 3 is 3.15 bits per heavy atom. The fourth-order valence-corrected chi connectivity index (χ4v) is 2.33. The van der Waals surface area contributed by atoms with Crippen LogP contribution < -0.4 is 11.1 Å². The minimum Gasteiger partial charge on any atom is -0.328 e. The lowest BCUT2D eigenvalue weighted by Gasteiger charge is -2.10. The third-order valence-electron chi connectivity index (χ3n) is 2.53. The lowest BCUT2D eigenvalue weighted by Crippen LogP contribution is -2.28. The summed E-state index contributed by atoms with van der Waals surface area (Å²) >= 11 is 1.65. The van der Waals surface area contributed by atoms with E-state index < -0.39 is 0 Å². The van der Waals surface area contributed by atoms with Crippen LogP contribution in [0.25, 0.3) is 0 Å². The Balaban J connectivity index is 1.74. The summed E-state index contributed by atoms with van der Waals surface area (Å²) in [6.45, 7) is 0.890. The number of thiazole rings is 1. The van der Waals surface area contributed by atoms with Gasteiger partial charge in [-0.3, -0.25) is 0 Å². The van der Waals surface area contributed by atoms with Crippen LogP contribution in [0.2, 0.25) is 0 Å². The quantitative estimate of drug-likeness (QED) is 0.763. The van der Waals surface area contributed by atoms with E-state index in [1.807, 2.05) is 5.51 Å². The molecule has 1 aliphatic carbocycles. The SMILES string of the molecule is NC1CCC(NCc2cscn2)C1. The second kappa shape index (κ2) is 4.17. The van der Waals surface area contributed by atoms with Gasteiger partial charge in [0.25, 0.3) is 0 Å². The first-order valence-electron chi connectivity index (χ1n) is 4.70. The molecule has 0 bridgehead atoms. The summed E-state index contributed by atoms with van der Waals surface area (Å²) in [6, 6.07) is 1.02. The second-order valence-corrected chi connectivity index (χ2v) is 4.35. The maximum atomic E-state index is 5.82. The smallest absolute Gasteiger partial charge is 0.0795 e. The van der Waals surface area contributed by atoms with Gasteiger partial charge in [-0.15, -0.1) is 11.3 Å². The summed E-state index contributed by atoms with van der Waals surface area (Å²) in [4.78, 5) is 4.22. The number of hydrogen-bond acceptors (Lipinski definition) is 4. The first-order valence-corrected chi connectivity index (χ1v) is 5.65. The molecule has 0 aliphatic heterocycles. The number of hydrogen-bond donors (Lipinski definition) is 2. The Bertz CT molecular complexity index is 247. The summed E-state index contributed by atoms with van der Waals surface area (Å²) in [7, 11) is 0. The van der Waals surface area contributed by atoms with Gasteiger partial charge in [-0.25, -0.2) is 4.98 Å². The molecule has 0 saturated heterocycles. The number of nitrogens with two attached hydrogens (primary N) is 1. The molecule has 1 aromatic heterocycles. The molecule has 13 heavy (non-hydrogen) atoms. The first kappa shape index (κ1) is 9.12. The minimum absolute atomic E-state index is 0.410. The monoisotopic (exact) mass is 197 g/mol. The molecule has 0 spiro atoms. The molecule has 1 aromatic rings. The lowest BCUT2D eigenvalue weighted by molar-refractivity contribution is 0.513. The van der Waals surface area contributed by atoms with E-state index >= 15 is 0 Å². The van der Waals surface area contributed by atoms with E-state index in [-0.39, 0.29) is 0 Å². The highest BCUT2D eigenvalue weighted by molar-refractivity contribution is 7.07. The van der Waals surface area contributed by atoms with Gasteiger partial charge in [0.1, 0.15) is 0 Å². The Hall–Kier alpha value is -0.450. The largest absolute Gasteiger partial charge is 0.328 e. The van der Waals surface area contributed by atoms with Crippen molar-refractivity contribution >= 4 is 11.3 Å². The Morgan fingerprint density at radius 2 is 2.54 bits per heavy atom. The first-order chi connectivity index (χ1) is 6.34. The average molecular weight is 197 g/mol. The fourth-order valence-electron chi connectivity index (χ4n) is 1.78. The zero-order valence-electron chi connectivity index (χ0n) is 7.57. The van der Waals surface area contributed by atoms with E-state index in [2.05, 4.69) is 15.7 Å². The van der Waals surface area contributed by atoms with Crippen molar-refractivity contribution in [3.63, 3.8) is 0 Å². The van der Waals surface area contributed by atoms with Crippen molar-refractivity contribution in [3.8, 4) is 0 Å². The number of aromatic nitrogens is 1. The average Bonchev–Trinajstić information content (AvgIpc) is 2.71. The van der Waals surface area contributed by atoms with Gasteiger partial charge in [0.2, 0.25) is 0 Å². The molecular formula is C9H15N3S. The van der Waals surface area contributed by atoms with Crippen molar-refractivity contribution in [2.75, 3.05) is 0 Å². The molecule has 1 heterocycles. The molecule has 0 amide bonds. The van der Waals surface area contributed by atoms with Crippen molar-refractivity contribution in [3.05, 3.63) is 16.6 Å². The van der Waals surface area contributed by atoms with Gasteiger partial charge in [0.15, 0.2) is 0 Å². The Labute approximate surface area is 82.4 Å². The van der Waals surface area contributed by atoms with E-state index in [4.69, 9.17) is 5.73 Å². The van der Waals surface area contributed by atoms with Gasteiger partial charge in [0, 0.05) is 24.0 Å². The van der Waals surface area contributed by atoms with Crippen LogP contribution in [0.1, 0.15) is 25.0 Å². The molecule has 2 rings (SSSR count). The van der Waals surface area contributed by atoms with Crippen LogP contribution in [-0.4, -0.2) is 17.1 Å². The summed E-state index contributed by atoms with van der Waals surface area (Å²) < 4.78 is 0. The molecule has 3 nitrogen and oxygen atoms in total. The van der Waals surface area contributed by atoms with E-state index in [1.54, 1.807) is 11.3 Å². The molecule has 72 valence electrons. The van der Waals surface area contributed by atoms with Crippen molar-refractivity contribution in [2.45, 2.75) is 37.9 Å². The topological polar surface area (TPSA) is 50.9 Å². The maximum absolute atomic E-state index is 5.82. The zero-order chi connectivity index (χ0) is 9.10. The molecule has 2 unspecified atom stereocenters. The number of rotatable bonds is 3. The van der Waals surface area contributed by atoms with Gasteiger partial charge in [0.05, 0.1) is 11.2 Å². The van der Waals surface area contributed by atoms with Gasteiger partial charge in [-0.1, -0.05) is 0 Å². The van der Waals surface area contributed by atoms with Crippen LogP contribution in [0, 0.1) is 0 Å². The standard InChI is InChI=1S/C9H15N3S/c10-7-1-2-8(3-7)11-4-9-5-13-6-12-9/h5-8,11H,1-4,10H2. The number of nitrogens with one attached hydrogen (secondary N) is 1. The van der Waals surface area contributed by atoms with Crippen molar-refractivity contribution in [2.24, 2.45) is 5.73 Å². The summed E-state index contributed by atoms with van der Waals surface area (Å²) in [5, 5.41) is 5.56. The predicted molar refractivity (Wildman–Crippen MR) is 54.6 cm³/mol. The molecule has 2 atom stereocenters. The molecule has 4 heteroatoms. The minimum atomic E-state index is 0.410. The van der Waals surface area contributed by atoms with Gasteiger partial charge < -0.3 is 11.1 Å². The summed E-state index contributed by atoms with van der Waals surface area (Å²) in [5.41, 5.74) is 8.84. The Kier molecular flexibility index (Phi) is 2.93. The predicted octanol–water partition coefficient (Wildman–Crippen LogP) is 1.11. The molecule has 0 aromatic carbocycles. The highest BCUT2D eigenvalue weighted by Gasteiger charge is 2.20. The van der Waals surface area contributed by atoms with Gasteiger partial charge in [-0.05, 0) is 19.3 Å². The highest BCUT2D eigenvalue weighted by atomic mass is 32.1. The molecular weight excluding hydrogens is 182 g/mol. The molecule has 0 radical (unpaired) electrons. The summed E-state index contributed by atoms with van der Waals surface area (Å²) in [5.74, 6) is 0.